The molecule has 5 rings (SSSR count). The molecule has 0 saturated carbocycles. The van der Waals surface area contributed by atoms with Crippen molar-refractivity contribution < 1.29 is 14.1 Å². The van der Waals surface area contributed by atoms with E-state index in [1.165, 1.54) is 4.57 Å². The zero-order valence-corrected chi connectivity index (χ0v) is 21.1. The third-order valence-electron chi connectivity index (χ3n) is 5.67. The number of para-hydroxylation sites is 1. The first-order valence-corrected chi connectivity index (χ1v) is 12.0. The lowest BCUT2D eigenvalue weighted by Crippen LogP contribution is -2.42. The van der Waals surface area contributed by atoms with E-state index in [0.717, 1.165) is 9.04 Å². The van der Waals surface area contributed by atoms with E-state index in [9.17, 15) is 14.4 Å². The van der Waals surface area contributed by atoms with Crippen molar-refractivity contribution in [1.82, 2.24) is 19.3 Å². The van der Waals surface area contributed by atoms with Crippen molar-refractivity contribution in [3.8, 4) is 17.1 Å². The Hall–Kier alpha value is -4.51. The van der Waals surface area contributed by atoms with Crippen LogP contribution in [0.4, 0.5) is 5.69 Å². The monoisotopic (exact) mass is 561 g/mol. The van der Waals surface area contributed by atoms with Crippen molar-refractivity contribution in [3.63, 3.8) is 0 Å². The smallest absolute Gasteiger partial charge is 0.332 e. The number of ether oxygens (including phenoxy) is 1. The van der Waals surface area contributed by atoms with Crippen LogP contribution < -0.4 is 21.3 Å². The highest BCUT2D eigenvalue weighted by Crippen LogP contribution is 2.20. The largest absolute Gasteiger partial charge is 0.497 e. The van der Waals surface area contributed by atoms with Gasteiger partial charge in [-0.3, -0.25) is 18.7 Å². The van der Waals surface area contributed by atoms with Crippen LogP contribution in [0.25, 0.3) is 22.3 Å². The summed E-state index contributed by atoms with van der Waals surface area (Å²) in [4.78, 5) is 43.8. The van der Waals surface area contributed by atoms with Crippen LogP contribution in [-0.4, -0.2) is 32.3 Å². The summed E-state index contributed by atoms with van der Waals surface area (Å²) in [5.41, 5.74) is 0.428. The standard InChI is InChI=1S/C26H20BrN5O5/c1-36-19-12-6-16(7-13-19)24-29-23(37-30-24)15-32-25(34)20-4-2-3-5-21(20)31(26(32)35)14-22(33)28-18-10-8-17(27)9-11-18/h2-13H,14-15H2,1H3,(H,28,33). The first-order valence-electron chi connectivity index (χ1n) is 11.2. The van der Waals surface area contributed by atoms with Crippen LogP contribution in [0.2, 0.25) is 0 Å². The van der Waals surface area contributed by atoms with Gasteiger partial charge in [0, 0.05) is 15.7 Å². The van der Waals surface area contributed by atoms with Gasteiger partial charge in [0.2, 0.25) is 17.6 Å². The Morgan fingerprint density at radius 2 is 1.73 bits per heavy atom. The first kappa shape index (κ1) is 24.2. The van der Waals surface area contributed by atoms with Crippen LogP contribution in [0.1, 0.15) is 5.89 Å². The average Bonchev–Trinajstić information content (AvgIpc) is 3.39. The number of aromatic nitrogens is 4. The molecule has 1 N–H and O–H groups in total. The van der Waals surface area contributed by atoms with Gasteiger partial charge in [0.25, 0.3) is 5.56 Å². The van der Waals surface area contributed by atoms with E-state index in [0.29, 0.717) is 28.3 Å². The van der Waals surface area contributed by atoms with Crippen molar-refractivity contribution in [2.45, 2.75) is 13.1 Å². The van der Waals surface area contributed by atoms with Gasteiger partial charge < -0.3 is 14.6 Å². The molecule has 0 aliphatic rings. The topological polar surface area (TPSA) is 121 Å². The maximum atomic E-state index is 13.4. The molecule has 186 valence electrons. The second kappa shape index (κ2) is 10.2. The second-order valence-electron chi connectivity index (χ2n) is 8.07. The molecule has 2 aromatic heterocycles. The Morgan fingerprint density at radius 1 is 1.00 bits per heavy atom. The number of amides is 1. The zero-order chi connectivity index (χ0) is 25.9. The van der Waals surface area contributed by atoms with Crippen LogP contribution in [0.3, 0.4) is 0 Å². The quantitative estimate of drug-likeness (QED) is 0.321. The highest BCUT2D eigenvalue weighted by atomic mass is 79.9. The van der Waals surface area contributed by atoms with E-state index in [1.807, 2.05) is 0 Å². The number of fused-ring (bicyclic) bond motifs is 1. The van der Waals surface area contributed by atoms with Gasteiger partial charge in [-0.25, -0.2) is 4.79 Å². The number of nitrogens with zero attached hydrogens (tertiary/aromatic N) is 4. The Balaban J connectivity index is 1.47. The number of halogens is 1. The summed E-state index contributed by atoms with van der Waals surface area (Å²) in [6.07, 6.45) is 0. The Labute approximate surface area is 218 Å². The van der Waals surface area contributed by atoms with Gasteiger partial charge in [-0.15, -0.1) is 0 Å². The molecule has 3 aromatic carbocycles. The predicted octanol–water partition coefficient (Wildman–Crippen LogP) is 3.67. The second-order valence-corrected chi connectivity index (χ2v) is 8.99. The van der Waals surface area contributed by atoms with Crippen molar-refractivity contribution in [2.24, 2.45) is 0 Å². The number of carbonyl (C=O) groups is 1. The molecule has 5 aromatic rings. The summed E-state index contributed by atoms with van der Waals surface area (Å²) in [5.74, 6) is 0.645. The summed E-state index contributed by atoms with van der Waals surface area (Å²) in [7, 11) is 1.57. The summed E-state index contributed by atoms with van der Waals surface area (Å²) in [6, 6.07) is 20.8. The van der Waals surface area contributed by atoms with Gasteiger partial charge in [-0.05, 0) is 60.7 Å². The lowest BCUT2D eigenvalue weighted by atomic mass is 10.2. The van der Waals surface area contributed by atoms with Gasteiger partial charge in [0.15, 0.2) is 0 Å². The van der Waals surface area contributed by atoms with Gasteiger partial charge in [0.05, 0.1) is 18.0 Å². The number of benzene rings is 3. The molecule has 0 saturated heterocycles. The van der Waals surface area contributed by atoms with Crippen LogP contribution in [-0.2, 0) is 17.9 Å². The van der Waals surface area contributed by atoms with Gasteiger partial charge >= 0.3 is 5.69 Å². The Morgan fingerprint density at radius 3 is 2.46 bits per heavy atom. The van der Waals surface area contributed by atoms with E-state index < -0.39 is 17.2 Å². The highest BCUT2D eigenvalue weighted by Gasteiger charge is 2.18. The molecule has 11 heteroatoms. The molecule has 0 fully saturated rings. The number of rotatable bonds is 7. The Kier molecular flexibility index (Phi) is 6.69. The molecule has 2 heterocycles. The molecular weight excluding hydrogens is 542 g/mol. The molecular formula is C26H20BrN5O5. The molecule has 10 nitrogen and oxygen atoms in total. The van der Waals surface area contributed by atoms with E-state index >= 15 is 0 Å². The van der Waals surface area contributed by atoms with Crippen molar-refractivity contribution in [2.75, 3.05) is 12.4 Å². The van der Waals surface area contributed by atoms with E-state index in [-0.39, 0.29) is 24.4 Å². The van der Waals surface area contributed by atoms with Crippen LogP contribution in [0.5, 0.6) is 5.75 Å². The van der Waals surface area contributed by atoms with Gasteiger partial charge in [0.1, 0.15) is 18.8 Å². The number of nitrogens with one attached hydrogen (secondary N) is 1. The fourth-order valence-electron chi connectivity index (χ4n) is 3.85. The minimum atomic E-state index is -0.668. The molecule has 37 heavy (non-hydrogen) atoms. The number of anilines is 1. The maximum Gasteiger partial charge on any atom is 0.332 e. The third-order valence-corrected chi connectivity index (χ3v) is 6.20. The Bertz CT molecular complexity index is 1710. The molecule has 0 aliphatic carbocycles. The molecule has 0 bridgehead atoms. The molecule has 0 spiro atoms. The maximum absolute atomic E-state index is 13.4. The summed E-state index contributed by atoms with van der Waals surface area (Å²) >= 11 is 3.35. The van der Waals surface area contributed by atoms with Gasteiger partial charge in [-0.1, -0.05) is 33.2 Å². The van der Waals surface area contributed by atoms with Crippen LogP contribution in [0, 0.1) is 0 Å². The minimum Gasteiger partial charge on any atom is -0.497 e. The molecule has 0 aliphatic heterocycles. The highest BCUT2D eigenvalue weighted by molar-refractivity contribution is 9.10. The molecule has 0 radical (unpaired) electrons. The minimum absolute atomic E-state index is 0.0752. The van der Waals surface area contributed by atoms with E-state index in [1.54, 1.807) is 79.9 Å². The number of carbonyl (C=O) groups excluding carboxylic acids is 1. The normalized spacial score (nSPS) is 11.0. The van der Waals surface area contributed by atoms with Crippen molar-refractivity contribution >= 4 is 38.4 Å². The lowest BCUT2D eigenvalue weighted by molar-refractivity contribution is -0.116. The summed E-state index contributed by atoms with van der Waals surface area (Å²) in [6.45, 7) is -0.545. The number of methoxy groups -OCH3 is 1. The SMILES string of the molecule is COc1ccc(-c2noc(Cn3c(=O)c4ccccc4n(CC(=O)Nc4ccc(Br)cc4)c3=O)n2)cc1. The first-order chi connectivity index (χ1) is 17.9. The number of hydrogen-bond donors (Lipinski definition) is 1. The number of hydrogen-bond acceptors (Lipinski definition) is 7. The molecule has 1 amide bonds. The zero-order valence-electron chi connectivity index (χ0n) is 19.6. The summed E-state index contributed by atoms with van der Waals surface area (Å²) in [5, 5.41) is 7.02. The van der Waals surface area contributed by atoms with E-state index in [2.05, 4.69) is 31.4 Å². The fraction of sp³-hybridized carbons (Fsp3) is 0.115. The van der Waals surface area contributed by atoms with Crippen LogP contribution in [0.15, 0.2) is 91.4 Å². The van der Waals surface area contributed by atoms with Crippen LogP contribution >= 0.6 is 15.9 Å². The third kappa shape index (κ3) is 5.07. The molecule has 0 atom stereocenters. The van der Waals surface area contributed by atoms with Crippen molar-refractivity contribution in [1.29, 1.82) is 0 Å². The van der Waals surface area contributed by atoms with E-state index in [4.69, 9.17) is 9.26 Å². The van der Waals surface area contributed by atoms with Gasteiger partial charge in [-0.2, -0.15) is 4.98 Å². The average molecular weight is 562 g/mol. The fourth-order valence-corrected chi connectivity index (χ4v) is 4.12. The predicted molar refractivity (Wildman–Crippen MR) is 141 cm³/mol. The molecule has 0 unspecified atom stereocenters. The lowest BCUT2D eigenvalue weighted by Gasteiger charge is -2.13. The summed E-state index contributed by atoms with van der Waals surface area (Å²) < 4.78 is 13.6. The van der Waals surface area contributed by atoms with Crippen molar-refractivity contribution in [3.05, 3.63) is 104 Å².